The second-order valence-corrected chi connectivity index (χ2v) is 5.93. The SMILES string of the molecule is COc1cc(CNC(=O)[C@@H]2Cc3ccccc3CN2)ccc1C. The van der Waals surface area contributed by atoms with Gasteiger partial charge in [-0.2, -0.15) is 0 Å². The molecule has 0 radical (unpaired) electrons. The predicted octanol–water partition coefficient (Wildman–Crippen LogP) is 2.33. The van der Waals surface area contributed by atoms with E-state index < -0.39 is 0 Å². The van der Waals surface area contributed by atoms with E-state index in [-0.39, 0.29) is 11.9 Å². The van der Waals surface area contributed by atoms with Gasteiger partial charge in [0.25, 0.3) is 0 Å². The van der Waals surface area contributed by atoms with E-state index in [2.05, 4.69) is 22.8 Å². The minimum absolute atomic E-state index is 0.0408. The Bertz CT molecular complexity index is 712. The van der Waals surface area contributed by atoms with Gasteiger partial charge in [0.05, 0.1) is 13.2 Å². The molecule has 2 N–H and O–H groups in total. The summed E-state index contributed by atoms with van der Waals surface area (Å²) in [5.41, 5.74) is 4.66. The summed E-state index contributed by atoms with van der Waals surface area (Å²) in [7, 11) is 1.66. The summed E-state index contributed by atoms with van der Waals surface area (Å²) in [6.07, 6.45) is 0.735. The Balaban J connectivity index is 1.60. The lowest BCUT2D eigenvalue weighted by molar-refractivity contribution is -0.123. The highest BCUT2D eigenvalue weighted by molar-refractivity contribution is 5.82. The molecule has 3 rings (SSSR count). The van der Waals surface area contributed by atoms with Crippen molar-refractivity contribution in [2.45, 2.75) is 32.5 Å². The molecule has 23 heavy (non-hydrogen) atoms. The summed E-state index contributed by atoms with van der Waals surface area (Å²) < 4.78 is 5.32. The lowest BCUT2D eigenvalue weighted by Gasteiger charge is -2.25. The lowest BCUT2D eigenvalue weighted by Crippen LogP contribution is -2.47. The van der Waals surface area contributed by atoms with Gasteiger partial charge >= 0.3 is 0 Å². The first-order valence-electron chi connectivity index (χ1n) is 7.89. The van der Waals surface area contributed by atoms with Gasteiger partial charge in [-0.1, -0.05) is 36.4 Å². The molecule has 120 valence electrons. The van der Waals surface area contributed by atoms with Crippen LogP contribution in [0.2, 0.25) is 0 Å². The molecular weight excluding hydrogens is 288 g/mol. The number of rotatable bonds is 4. The van der Waals surface area contributed by atoms with Crippen molar-refractivity contribution in [1.82, 2.24) is 10.6 Å². The maximum Gasteiger partial charge on any atom is 0.237 e. The summed E-state index contributed by atoms with van der Waals surface area (Å²) in [5, 5.41) is 6.32. The van der Waals surface area contributed by atoms with E-state index in [4.69, 9.17) is 4.74 Å². The van der Waals surface area contributed by atoms with E-state index >= 15 is 0 Å². The number of hydrogen-bond acceptors (Lipinski definition) is 3. The van der Waals surface area contributed by atoms with Gasteiger partial charge in [0.2, 0.25) is 5.91 Å². The van der Waals surface area contributed by atoms with Crippen LogP contribution < -0.4 is 15.4 Å². The molecule has 0 aromatic heterocycles. The van der Waals surface area contributed by atoms with Crippen molar-refractivity contribution >= 4 is 5.91 Å². The number of carbonyl (C=O) groups excluding carboxylic acids is 1. The topological polar surface area (TPSA) is 50.4 Å². The minimum atomic E-state index is -0.169. The predicted molar refractivity (Wildman–Crippen MR) is 90.4 cm³/mol. The van der Waals surface area contributed by atoms with Crippen LogP contribution in [0.4, 0.5) is 0 Å². The van der Waals surface area contributed by atoms with Crippen molar-refractivity contribution < 1.29 is 9.53 Å². The van der Waals surface area contributed by atoms with Gasteiger partial charge in [0.15, 0.2) is 0 Å². The second-order valence-electron chi connectivity index (χ2n) is 5.93. The molecule has 0 fully saturated rings. The third kappa shape index (κ3) is 3.54. The first-order chi connectivity index (χ1) is 11.2. The van der Waals surface area contributed by atoms with Gasteiger partial charge < -0.3 is 15.4 Å². The average Bonchev–Trinajstić information content (AvgIpc) is 2.60. The van der Waals surface area contributed by atoms with E-state index in [9.17, 15) is 4.79 Å². The molecule has 1 aliphatic heterocycles. The number of amides is 1. The Labute approximate surface area is 136 Å². The highest BCUT2D eigenvalue weighted by Crippen LogP contribution is 2.19. The third-order valence-corrected chi connectivity index (χ3v) is 4.34. The molecule has 0 spiro atoms. The number of fused-ring (bicyclic) bond motifs is 1. The molecular formula is C19H22N2O2. The zero-order chi connectivity index (χ0) is 16.2. The van der Waals surface area contributed by atoms with Crippen LogP contribution in [0.25, 0.3) is 0 Å². The van der Waals surface area contributed by atoms with Gasteiger partial charge in [-0.25, -0.2) is 0 Å². The molecule has 0 unspecified atom stereocenters. The Hall–Kier alpha value is -2.33. The molecule has 1 amide bonds. The van der Waals surface area contributed by atoms with E-state index in [1.807, 2.05) is 37.3 Å². The smallest absolute Gasteiger partial charge is 0.237 e. The van der Waals surface area contributed by atoms with Gasteiger partial charge in [0, 0.05) is 13.1 Å². The first-order valence-corrected chi connectivity index (χ1v) is 7.89. The lowest BCUT2D eigenvalue weighted by atomic mass is 9.95. The number of aryl methyl sites for hydroxylation is 1. The van der Waals surface area contributed by atoms with Gasteiger partial charge in [-0.15, -0.1) is 0 Å². The second kappa shape index (κ2) is 6.84. The van der Waals surface area contributed by atoms with Crippen LogP contribution in [0.3, 0.4) is 0 Å². The quantitative estimate of drug-likeness (QED) is 0.911. The average molecular weight is 310 g/mol. The molecule has 0 bridgehead atoms. The number of methoxy groups -OCH3 is 1. The molecule has 0 saturated carbocycles. The maximum atomic E-state index is 12.4. The Morgan fingerprint density at radius 3 is 2.83 bits per heavy atom. The Morgan fingerprint density at radius 2 is 2.04 bits per heavy atom. The van der Waals surface area contributed by atoms with Gasteiger partial charge in [0.1, 0.15) is 5.75 Å². The van der Waals surface area contributed by atoms with Crippen molar-refractivity contribution in [3.63, 3.8) is 0 Å². The molecule has 0 aliphatic carbocycles. The van der Waals surface area contributed by atoms with Gasteiger partial charge in [-0.3, -0.25) is 4.79 Å². The van der Waals surface area contributed by atoms with E-state index in [0.29, 0.717) is 6.54 Å². The summed E-state index contributed by atoms with van der Waals surface area (Å²) in [6.45, 7) is 3.26. The fourth-order valence-corrected chi connectivity index (χ4v) is 2.93. The number of nitrogens with one attached hydrogen (secondary N) is 2. The van der Waals surface area contributed by atoms with Crippen LogP contribution in [0, 0.1) is 6.92 Å². The van der Waals surface area contributed by atoms with Crippen LogP contribution in [-0.4, -0.2) is 19.1 Å². The fraction of sp³-hybridized carbons (Fsp3) is 0.316. The van der Waals surface area contributed by atoms with E-state index in [1.165, 1.54) is 11.1 Å². The zero-order valence-electron chi connectivity index (χ0n) is 13.6. The largest absolute Gasteiger partial charge is 0.496 e. The first kappa shape index (κ1) is 15.6. The monoisotopic (exact) mass is 310 g/mol. The molecule has 1 aliphatic rings. The van der Waals surface area contributed by atoms with Crippen LogP contribution in [0.1, 0.15) is 22.3 Å². The number of carbonyl (C=O) groups is 1. The highest BCUT2D eigenvalue weighted by atomic mass is 16.5. The van der Waals surface area contributed by atoms with Crippen LogP contribution in [0.5, 0.6) is 5.75 Å². The number of ether oxygens (including phenoxy) is 1. The van der Waals surface area contributed by atoms with E-state index in [1.54, 1.807) is 7.11 Å². The zero-order valence-corrected chi connectivity index (χ0v) is 13.6. The van der Waals surface area contributed by atoms with Crippen LogP contribution in [0.15, 0.2) is 42.5 Å². The molecule has 4 heteroatoms. The van der Waals surface area contributed by atoms with Crippen molar-refractivity contribution in [3.05, 3.63) is 64.7 Å². The molecule has 1 heterocycles. The van der Waals surface area contributed by atoms with Crippen molar-refractivity contribution in [2.75, 3.05) is 7.11 Å². The number of hydrogen-bond donors (Lipinski definition) is 2. The molecule has 2 aromatic rings. The Morgan fingerprint density at radius 1 is 1.26 bits per heavy atom. The van der Waals surface area contributed by atoms with Gasteiger partial charge in [-0.05, 0) is 41.7 Å². The third-order valence-electron chi connectivity index (χ3n) is 4.34. The standard InChI is InChI=1S/C19H22N2O2/c1-13-7-8-14(9-18(13)23-2)11-21-19(22)17-10-15-5-3-4-6-16(15)12-20-17/h3-9,17,20H,10-12H2,1-2H3,(H,21,22)/t17-/m0/s1. The highest BCUT2D eigenvalue weighted by Gasteiger charge is 2.23. The van der Waals surface area contributed by atoms with Crippen molar-refractivity contribution in [3.8, 4) is 5.75 Å². The number of benzene rings is 2. The minimum Gasteiger partial charge on any atom is -0.496 e. The summed E-state index contributed by atoms with van der Waals surface area (Å²) in [6, 6.07) is 14.1. The van der Waals surface area contributed by atoms with Crippen molar-refractivity contribution in [2.24, 2.45) is 0 Å². The summed E-state index contributed by atoms with van der Waals surface area (Å²) in [4.78, 5) is 12.4. The molecule has 0 saturated heterocycles. The maximum absolute atomic E-state index is 12.4. The molecule has 2 aromatic carbocycles. The summed E-state index contributed by atoms with van der Waals surface area (Å²) >= 11 is 0. The van der Waals surface area contributed by atoms with E-state index in [0.717, 1.165) is 29.8 Å². The Kier molecular flexibility index (Phi) is 4.63. The molecule has 1 atom stereocenters. The molecule has 4 nitrogen and oxygen atoms in total. The van der Waals surface area contributed by atoms with Crippen molar-refractivity contribution in [1.29, 1.82) is 0 Å². The summed E-state index contributed by atoms with van der Waals surface area (Å²) in [5.74, 6) is 0.889. The van der Waals surface area contributed by atoms with Crippen LogP contribution >= 0.6 is 0 Å². The fourth-order valence-electron chi connectivity index (χ4n) is 2.93. The van der Waals surface area contributed by atoms with Crippen LogP contribution in [-0.2, 0) is 24.3 Å². The normalized spacial score (nSPS) is 16.5.